The molecule has 1 aromatic carbocycles. The zero-order valence-electron chi connectivity index (χ0n) is 16.8. The van der Waals surface area contributed by atoms with Gasteiger partial charge < -0.3 is 14.5 Å². The predicted molar refractivity (Wildman–Crippen MR) is 107 cm³/mol. The van der Waals surface area contributed by atoms with E-state index < -0.39 is 0 Å². The van der Waals surface area contributed by atoms with Gasteiger partial charge in [0.05, 0.1) is 19.0 Å². The van der Waals surface area contributed by atoms with E-state index in [0.29, 0.717) is 37.4 Å². The van der Waals surface area contributed by atoms with Gasteiger partial charge in [0.1, 0.15) is 0 Å². The minimum atomic E-state index is -0.153. The largest absolute Gasteiger partial charge is 0.493 e. The highest BCUT2D eigenvalue weighted by atomic mass is 16.5. The van der Waals surface area contributed by atoms with Crippen LogP contribution in [0, 0.1) is 5.92 Å². The van der Waals surface area contributed by atoms with Crippen LogP contribution < -0.4 is 4.74 Å². The minimum Gasteiger partial charge on any atom is -0.493 e. The van der Waals surface area contributed by atoms with E-state index in [0.717, 1.165) is 18.8 Å². The molecule has 0 spiro atoms. The molecule has 3 rings (SSSR count). The summed E-state index contributed by atoms with van der Waals surface area (Å²) < 4.78 is 7.04. The first-order valence-corrected chi connectivity index (χ1v) is 9.86. The van der Waals surface area contributed by atoms with Crippen LogP contribution in [-0.4, -0.2) is 64.7 Å². The molecule has 0 radical (unpaired) electrons. The summed E-state index contributed by atoms with van der Waals surface area (Å²) in [6, 6.07) is 9.61. The molecule has 2 heterocycles. The topological polar surface area (TPSA) is 67.7 Å². The maximum Gasteiger partial charge on any atom is 0.278 e. The van der Waals surface area contributed by atoms with Crippen LogP contribution in [-0.2, 0) is 4.79 Å². The Morgan fingerprint density at radius 3 is 2.36 bits per heavy atom. The molecule has 1 aliphatic heterocycles. The van der Waals surface area contributed by atoms with E-state index in [1.807, 2.05) is 49.1 Å². The highest BCUT2D eigenvalue weighted by Gasteiger charge is 2.31. The molecule has 7 nitrogen and oxygen atoms in total. The summed E-state index contributed by atoms with van der Waals surface area (Å²) in [5, 5.41) is 4.46. The number of hydrogen-bond donors (Lipinski definition) is 0. The van der Waals surface area contributed by atoms with Crippen molar-refractivity contribution in [2.24, 2.45) is 5.92 Å². The Hall–Kier alpha value is -2.83. The van der Waals surface area contributed by atoms with E-state index in [-0.39, 0.29) is 17.7 Å². The second-order valence-corrected chi connectivity index (χ2v) is 6.90. The molecular weight excluding hydrogens is 356 g/mol. The van der Waals surface area contributed by atoms with Crippen molar-refractivity contribution in [3.05, 3.63) is 42.2 Å². The van der Waals surface area contributed by atoms with Crippen LogP contribution in [0.25, 0.3) is 5.69 Å². The molecule has 150 valence electrons. The number of methoxy groups -OCH3 is 1. The van der Waals surface area contributed by atoms with Gasteiger partial charge in [-0.3, -0.25) is 9.59 Å². The van der Waals surface area contributed by atoms with Crippen LogP contribution in [0.4, 0.5) is 0 Å². The van der Waals surface area contributed by atoms with Crippen LogP contribution in [0.2, 0.25) is 0 Å². The molecular formula is C21H28N4O3. The van der Waals surface area contributed by atoms with Gasteiger partial charge in [-0.05, 0) is 38.8 Å². The third-order valence-electron chi connectivity index (χ3n) is 5.33. The number of para-hydroxylation sites is 1. The van der Waals surface area contributed by atoms with Crippen LogP contribution in [0.15, 0.2) is 36.5 Å². The summed E-state index contributed by atoms with van der Waals surface area (Å²) >= 11 is 0. The van der Waals surface area contributed by atoms with Gasteiger partial charge in [-0.15, -0.1) is 0 Å². The van der Waals surface area contributed by atoms with Crippen molar-refractivity contribution >= 4 is 11.8 Å². The van der Waals surface area contributed by atoms with Crippen molar-refractivity contribution in [2.45, 2.75) is 26.7 Å². The zero-order valence-corrected chi connectivity index (χ0v) is 16.8. The first-order chi connectivity index (χ1) is 13.6. The van der Waals surface area contributed by atoms with Crippen molar-refractivity contribution < 1.29 is 14.3 Å². The first kappa shape index (κ1) is 19.9. The number of piperidine rings is 1. The second kappa shape index (κ2) is 8.91. The Morgan fingerprint density at radius 2 is 1.79 bits per heavy atom. The lowest BCUT2D eigenvalue weighted by Crippen LogP contribution is -2.44. The van der Waals surface area contributed by atoms with Gasteiger partial charge in [-0.1, -0.05) is 18.2 Å². The maximum atomic E-state index is 13.0. The molecule has 0 bridgehead atoms. The summed E-state index contributed by atoms with van der Waals surface area (Å²) in [4.78, 5) is 29.2. The van der Waals surface area contributed by atoms with Gasteiger partial charge in [0.15, 0.2) is 11.4 Å². The lowest BCUT2D eigenvalue weighted by Gasteiger charge is -2.33. The van der Waals surface area contributed by atoms with Crippen LogP contribution in [0.3, 0.4) is 0 Å². The summed E-state index contributed by atoms with van der Waals surface area (Å²) in [6.45, 7) is 6.55. The van der Waals surface area contributed by atoms with Crippen molar-refractivity contribution in [2.75, 3.05) is 33.3 Å². The number of hydrogen-bond acceptors (Lipinski definition) is 4. The van der Waals surface area contributed by atoms with Crippen LogP contribution in [0.5, 0.6) is 5.75 Å². The van der Waals surface area contributed by atoms with Gasteiger partial charge in [0.2, 0.25) is 5.91 Å². The van der Waals surface area contributed by atoms with Gasteiger partial charge in [0.25, 0.3) is 5.91 Å². The standard InChI is InChI=1S/C21H28N4O3/c1-4-23(5-2)20(26)16-11-13-24(14-12-16)21(27)19-18(28-3)15-25(22-19)17-9-7-6-8-10-17/h6-10,15-16H,4-5,11-14H2,1-3H3. The van der Waals surface area contributed by atoms with E-state index in [1.165, 1.54) is 7.11 Å². The predicted octanol–water partition coefficient (Wildman–Crippen LogP) is 2.60. The third-order valence-corrected chi connectivity index (χ3v) is 5.33. The summed E-state index contributed by atoms with van der Waals surface area (Å²) in [6.07, 6.45) is 3.09. The Bertz CT molecular complexity index is 806. The first-order valence-electron chi connectivity index (χ1n) is 9.86. The molecule has 1 saturated heterocycles. The molecule has 1 aliphatic rings. The average molecular weight is 384 g/mol. The molecule has 0 unspecified atom stereocenters. The van der Waals surface area contributed by atoms with Gasteiger partial charge in [-0.25, -0.2) is 4.68 Å². The Kier molecular flexibility index (Phi) is 6.34. The highest BCUT2D eigenvalue weighted by molar-refractivity contribution is 5.95. The molecule has 2 aromatic rings. The van der Waals surface area contributed by atoms with Crippen molar-refractivity contribution in [1.82, 2.24) is 19.6 Å². The molecule has 1 aromatic heterocycles. The van der Waals surface area contributed by atoms with Gasteiger partial charge in [0, 0.05) is 32.1 Å². The SMILES string of the molecule is CCN(CC)C(=O)C1CCN(C(=O)c2nn(-c3ccccc3)cc2OC)CC1. The van der Waals surface area contributed by atoms with Gasteiger partial charge >= 0.3 is 0 Å². The summed E-state index contributed by atoms with van der Waals surface area (Å²) in [5.74, 6) is 0.492. The molecule has 7 heteroatoms. The lowest BCUT2D eigenvalue weighted by molar-refractivity contribution is -0.136. The number of aromatic nitrogens is 2. The number of likely N-dealkylation sites (tertiary alicyclic amines) is 1. The van der Waals surface area contributed by atoms with Crippen LogP contribution >= 0.6 is 0 Å². The summed E-state index contributed by atoms with van der Waals surface area (Å²) in [5.41, 5.74) is 1.17. The number of amides is 2. The monoisotopic (exact) mass is 384 g/mol. The number of nitrogens with zero attached hydrogens (tertiary/aromatic N) is 4. The fourth-order valence-electron chi connectivity index (χ4n) is 3.64. The Labute approximate surface area is 165 Å². The molecule has 0 aliphatic carbocycles. The molecule has 28 heavy (non-hydrogen) atoms. The Balaban J connectivity index is 1.70. The van der Waals surface area contributed by atoms with E-state index in [9.17, 15) is 9.59 Å². The van der Waals surface area contributed by atoms with E-state index in [4.69, 9.17) is 4.74 Å². The fraction of sp³-hybridized carbons (Fsp3) is 0.476. The second-order valence-electron chi connectivity index (χ2n) is 6.90. The fourth-order valence-corrected chi connectivity index (χ4v) is 3.64. The van der Waals surface area contributed by atoms with E-state index in [1.54, 1.807) is 15.8 Å². The quantitative estimate of drug-likeness (QED) is 0.768. The number of benzene rings is 1. The van der Waals surface area contributed by atoms with Crippen molar-refractivity contribution in [3.8, 4) is 11.4 Å². The maximum absolute atomic E-state index is 13.0. The Morgan fingerprint density at radius 1 is 1.14 bits per heavy atom. The molecule has 1 fully saturated rings. The van der Waals surface area contributed by atoms with Crippen molar-refractivity contribution in [3.63, 3.8) is 0 Å². The smallest absolute Gasteiger partial charge is 0.278 e. The normalized spacial score (nSPS) is 14.8. The van der Waals surface area contributed by atoms with E-state index >= 15 is 0 Å². The number of carbonyl (C=O) groups excluding carboxylic acids is 2. The number of ether oxygens (including phenoxy) is 1. The third kappa shape index (κ3) is 4.03. The number of carbonyl (C=O) groups is 2. The molecule has 0 atom stereocenters. The molecule has 0 saturated carbocycles. The molecule has 2 amide bonds. The van der Waals surface area contributed by atoms with E-state index in [2.05, 4.69) is 5.10 Å². The number of rotatable bonds is 6. The molecule has 0 N–H and O–H groups in total. The highest BCUT2D eigenvalue weighted by Crippen LogP contribution is 2.25. The minimum absolute atomic E-state index is 0.00674. The lowest BCUT2D eigenvalue weighted by atomic mass is 9.95. The van der Waals surface area contributed by atoms with Gasteiger partial charge in [-0.2, -0.15) is 5.10 Å². The van der Waals surface area contributed by atoms with Crippen molar-refractivity contribution in [1.29, 1.82) is 0 Å². The zero-order chi connectivity index (χ0) is 20.1. The van der Waals surface area contributed by atoms with Crippen LogP contribution in [0.1, 0.15) is 37.2 Å². The summed E-state index contributed by atoms with van der Waals surface area (Å²) in [7, 11) is 1.54. The average Bonchev–Trinajstić information content (AvgIpc) is 3.19.